The number of aliphatic hydroxyl groups excluding tert-OH is 2. The fourth-order valence-corrected chi connectivity index (χ4v) is 5.09. The van der Waals surface area contributed by atoms with Gasteiger partial charge in [-0.05, 0) is 38.0 Å². The zero-order chi connectivity index (χ0) is 13.5. The smallest absolute Gasteiger partial charge is 0.111 e. The molecule has 0 aromatic heterocycles. The molecule has 3 fully saturated rings. The van der Waals surface area contributed by atoms with E-state index in [1.54, 1.807) is 0 Å². The van der Waals surface area contributed by atoms with Gasteiger partial charge in [-0.1, -0.05) is 6.42 Å². The van der Waals surface area contributed by atoms with Gasteiger partial charge in [0, 0.05) is 10.5 Å². The van der Waals surface area contributed by atoms with Crippen molar-refractivity contribution in [3.8, 4) is 0 Å². The van der Waals surface area contributed by atoms with E-state index in [2.05, 4.69) is 0 Å². The Morgan fingerprint density at radius 2 is 1.95 bits per heavy atom. The van der Waals surface area contributed by atoms with Crippen LogP contribution in [-0.2, 0) is 4.74 Å². The van der Waals surface area contributed by atoms with Gasteiger partial charge in [0.05, 0.1) is 25.4 Å². The van der Waals surface area contributed by atoms with E-state index < -0.39 is 17.8 Å². The van der Waals surface area contributed by atoms with Crippen LogP contribution in [0.5, 0.6) is 0 Å². The first kappa shape index (κ1) is 14.1. The molecule has 2 heterocycles. The molecule has 0 radical (unpaired) electrons. The zero-order valence-electron chi connectivity index (χ0n) is 11.2. The lowest BCUT2D eigenvalue weighted by molar-refractivity contribution is -0.181. The summed E-state index contributed by atoms with van der Waals surface area (Å²) in [5.41, 5.74) is -0.631. The highest BCUT2D eigenvalue weighted by atomic mass is 32.2. The second-order valence-electron chi connectivity index (χ2n) is 6.46. The van der Waals surface area contributed by atoms with E-state index in [4.69, 9.17) is 4.74 Å². The summed E-state index contributed by atoms with van der Waals surface area (Å²) in [6, 6.07) is 0. The molecule has 2 saturated heterocycles. The van der Waals surface area contributed by atoms with Crippen LogP contribution in [0.15, 0.2) is 0 Å². The van der Waals surface area contributed by atoms with E-state index in [0.717, 1.165) is 12.8 Å². The van der Waals surface area contributed by atoms with Crippen LogP contribution in [0.2, 0.25) is 0 Å². The summed E-state index contributed by atoms with van der Waals surface area (Å²) >= 11 is 1.84. The molecule has 0 amide bonds. The molecule has 4 atom stereocenters. The summed E-state index contributed by atoms with van der Waals surface area (Å²) in [5.74, 6) is 0.576. The minimum absolute atomic E-state index is 0.190. The third-order valence-corrected chi connectivity index (χ3v) is 6.66. The van der Waals surface area contributed by atoms with Gasteiger partial charge in [-0.25, -0.2) is 0 Å². The molecule has 0 spiro atoms. The Hall–Kier alpha value is 0.190. The molecule has 0 aromatic carbocycles. The molecular weight excluding hydrogens is 264 g/mol. The normalized spacial score (nSPS) is 42.5. The molecule has 1 aliphatic carbocycles. The van der Waals surface area contributed by atoms with Gasteiger partial charge in [-0.15, -0.1) is 0 Å². The topological polar surface area (TPSA) is 69.9 Å². The summed E-state index contributed by atoms with van der Waals surface area (Å²) in [7, 11) is 0. The number of rotatable bonds is 4. The third-order valence-electron chi connectivity index (χ3n) is 4.87. The Balaban J connectivity index is 1.53. The van der Waals surface area contributed by atoms with Crippen LogP contribution in [0.25, 0.3) is 0 Å². The molecule has 1 saturated carbocycles. The predicted octanol–water partition coefficient (Wildman–Crippen LogP) is 0.924. The van der Waals surface area contributed by atoms with Crippen LogP contribution in [0.1, 0.15) is 38.5 Å². The maximum absolute atomic E-state index is 10.1. The molecule has 110 valence electrons. The Morgan fingerprint density at radius 1 is 1.21 bits per heavy atom. The number of hydrogen-bond donors (Lipinski definition) is 3. The van der Waals surface area contributed by atoms with Gasteiger partial charge >= 0.3 is 0 Å². The van der Waals surface area contributed by atoms with Gasteiger partial charge in [0.15, 0.2) is 0 Å². The van der Waals surface area contributed by atoms with Crippen molar-refractivity contribution >= 4 is 11.8 Å². The van der Waals surface area contributed by atoms with E-state index in [9.17, 15) is 15.3 Å². The summed E-state index contributed by atoms with van der Waals surface area (Å²) in [5, 5.41) is 30.8. The number of ether oxygens (including phenoxy) is 1. The Morgan fingerprint density at radius 3 is 2.47 bits per heavy atom. The minimum atomic E-state index is -0.631. The summed E-state index contributed by atoms with van der Waals surface area (Å²) < 4.78 is 5.06. The standard InChI is InChI=1S/C14H24O4S/c15-11-6-10(4-5-14(17)7-18-8-14)19-13(12(11)16)9-2-1-3-9/h9-13,15-17H,1-8H2. The SMILES string of the molecule is OC1CC(CCC2(O)COC2)SC(C2CCC2)C1O. The van der Waals surface area contributed by atoms with Crippen molar-refractivity contribution in [2.24, 2.45) is 5.92 Å². The van der Waals surface area contributed by atoms with Crippen LogP contribution in [-0.4, -0.2) is 56.8 Å². The molecule has 3 aliphatic rings. The van der Waals surface area contributed by atoms with Crippen molar-refractivity contribution in [1.29, 1.82) is 0 Å². The zero-order valence-corrected chi connectivity index (χ0v) is 12.0. The van der Waals surface area contributed by atoms with E-state index in [1.165, 1.54) is 19.3 Å². The quantitative estimate of drug-likeness (QED) is 0.718. The van der Waals surface area contributed by atoms with Crippen molar-refractivity contribution in [3.63, 3.8) is 0 Å². The molecule has 0 bridgehead atoms. The lowest BCUT2D eigenvalue weighted by Gasteiger charge is -2.44. The van der Waals surface area contributed by atoms with Gasteiger partial charge in [-0.3, -0.25) is 0 Å². The van der Waals surface area contributed by atoms with Crippen molar-refractivity contribution < 1.29 is 20.1 Å². The van der Waals surface area contributed by atoms with Crippen molar-refractivity contribution in [2.75, 3.05) is 13.2 Å². The van der Waals surface area contributed by atoms with Crippen LogP contribution in [0, 0.1) is 5.92 Å². The second kappa shape index (κ2) is 5.53. The van der Waals surface area contributed by atoms with Gasteiger partial charge in [0.1, 0.15) is 5.60 Å². The first-order valence-corrected chi connectivity index (χ1v) is 8.33. The van der Waals surface area contributed by atoms with E-state index in [-0.39, 0.29) is 5.25 Å². The Labute approximate surface area is 118 Å². The van der Waals surface area contributed by atoms with Crippen molar-refractivity contribution in [3.05, 3.63) is 0 Å². The van der Waals surface area contributed by atoms with E-state index >= 15 is 0 Å². The fraction of sp³-hybridized carbons (Fsp3) is 1.00. The lowest BCUT2D eigenvalue weighted by Crippen LogP contribution is -2.51. The number of thioether (sulfide) groups is 1. The van der Waals surface area contributed by atoms with Gasteiger partial charge in [-0.2, -0.15) is 11.8 Å². The molecule has 0 aromatic rings. The average molecular weight is 288 g/mol. The predicted molar refractivity (Wildman–Crippen MR) is 74.1 cm³/mol. The highest BCUT2D eigenvalue weighted by Crippen LogP contribution is 2.45. The minimum Gasteiger partial charge on any atom is -0.390 e. The van der Waals surface area contributed by atoms with Crippen LogP contribution in [0.3, 0.4) is 0 Å². The highest BCUT2D eigenvalue weighted by molar-refractivity contribution is 8.00. The maximum atomic E-state index is 10.1. The monoisotopic (exact) mass is 288 g/mol. The largest absolute Gasteiger partial charge is 0.390 e. The fourth-order valence-electron chi connectivity index (χ4n) is 3.24. The lowest BCUT2D eigenvalue weighted by atomic mass is 9.79. The molecular formula is C14H24O4S. The average Bonchev–Trinajstić information content (AvgIpc) is 2.28. The second-order valence-corrected chi connectivity index (χ2v) is 7.95. The van der Waals surface area contributed by atoms with Crippen molar-refractivity contribution in [1.82, 2.24) is 0 Å². The van der Waals surface area contributed by atoms with Crippen LogP contribution >= 0.6 is 11.8 Å². The van der Waals surface area contributed by atoms with Crippen LogP contribution in [0.4, 0.5) is 0 Å². The first-order chi connectivity index (χ1) is 9.07. The summed E-state index contributed by atoms with van der Waals surface area (Å²) in [6.07, 6.45) is 4.75. The number of hydrogen-bond acceptors (Lipinski definition) is 5. The maximum Gasteiger partial charge on any atom is 0.111 e. The van der Waals surface area contributed by atoms with Gasteiger partial charge in [0.2, 0.25) is 0 Å². The Kier molecular flexibility index (Phi) is 4.11. The summed E-state index contributed by atoms with van der Waals surface area (Å²) in [4.78, 5) is 0. The van der Waals surface area contributed by atoms with E-state index in [0.29, 0.717) is 30.8 Å². The number of aliphatic hydroxyl groups is 3. The third kappa shape index (κ3) is 2.95. The van der Waals surface area contributed by atoms with Crippen molar-refractivity contribution in [2.45, 2.75) is 66.8 Å². The van der Waals surface area contributed by atoms with Crippen LogP contribution < -0.4 is 0 Å². The molecule has 19 heavy (non-hydrogen) atoms. The Bertz CT molecular complexity index is 317. The van der Waals surface area contributed by atoms with Gasteiger partial charge in [0.25, 0.3) is 0 Å². The molecule has 3 N–H and O–H groups in total. The molecule has 5 heteroatoms. The first-order valence-electron chi connectivity index (χ1n) is 7.39. The molecule has 4 unspecified atom stereocenters. The molecule has 2 aliphatic heterocycles. The molecule has 4 nitrogen and oxygen atoms in total. The van der Waals surface area contributed by atoms with E-state index in [1.807, 2.05) is 11.8 Å². The highest BCUT2D eigenvalue weighted by Gasteiger charge is 2.43. The van der Waals surface area contributed by atoms with Gasteiger partial charge < -0.3 is 20.1 Å². The summed E-state index contributed by atoms with van der Waals surface area (Å²) in [6.45, 7) is 0.892. The molecule has 3 rings (SSSR count).